The van der Waals surface area contributed by atoms with Crippen LogP contribution in [0.3, 0.4) is 0 Å². The lowest BCUT2D eigenvalue weighted by atomic mass is 10.3. The molecule has 116 valence electrons. The van der Waals surface area contributed by atoms with Crippen LogP contribution in [-0.4, -0.2) is 36.3 Å². The zero-order valence-electron chi connectivity index (χ0n) is 12.8. The van der Waals surface area contributed by atoms with E-state index in [0.717, 1.165) is 41.8 Å². The number of imidazole rings is 1. The van der Waals surface area contributed by atoms with Crippen LogP contribution in [0.2, 0.25) is 0 Å². The predicted octanol–water partition coefficient (Wildman–Crippen LogP) is 1.70. The number of nitrogens with two attached hydrogens (primary N) is 1. The summed E-state index contributed by atoms with van der Waals surface area (Å²) in [6, 6.07) is 0. The second-order valence-electron chi connectivity index (χ2n) is 5.24. The van der Waals surface area contributed by atoms with Crippen molar-refractivity contribution in [2.24, 2.45) is 0 Å². The smallest absolute Gasteiger partial charge is 0.222 e. The van der Waals surface area contributed by atoms with E-state index in [2.05, 4.69) is 37.3 Å². The topological polar surface area (TPSA) is 110 Å². The maximum atomic E-state index is 5.78. The Morgan fingerprint density at radius 1 is 1.36 bits per heavy atom. The first-order chi connectivity index (χ1) is 10.7. The second-order valence-corrected chi connectivity index (χ2v) is 5.24. The third-order valence-electron chi connectivity index (χ3n) is 3.50. The average molecular weight is 300 g/mol. The zero-order chi connectivity index (χ0) is 15.5. The van der Waals surface area contributed by atoms with Crippen molar-refractivity contribution in [1.29, 1.82) is 0 Å². The van der Waals surface area contributed by atoms with Gasteiger partial charge in [-0.3, -0.25) is 4.68 Å². The van der Waals surface area contributed by atoms with Crippen molar-refractivity contribution in [1.82, 2.24) is 29.7 Å². The molecule has 0 atom stereocenters. The predicted molar refractivity (Wildman–Crippen MR) is 85.6 cm³/mol. The molecule has 4 N–H and O–H groups in total. The number of unbranched alkanes of at least 4 members (excludes halogenated alkanes) is 1. The monoisotopic (exact) mass is 300 g/mol. The first-order valence-corrected chi connectivity index (χ1v) is 7.40. The highest BCUT2D eigenvalue weighted by atomic mass is 15.3. The van der Waals surface area contributed by atoms with Gasteiger partial charge < -0.3 is 16.0 Å². The van der Waals surface area contributed by atoms with Crippen LogP contribution < -0.4 is 11.1 Å². The van der Waals surface area contributed by atoms with Gasteiger partial charge in [-0.25, -0.2) is 9.97 Å². The van der Waals surface area contributed by atoms with E-state index in [0.29, 0.717) is 12.4 Å². The maximum absolute atomic E-state index is 5.78. The van der Waals surface area contributed by atoms with Crippen LogP contribution in [-0.2, 0) is 6.54 Å². The van der Waals surface area contributed by atoms with Gasteiger partial charge in [0.05, 0.1) is 30.5 Å². The van der Waals surface area contributed by atoms with Crippen LogP contribution in [0.15, 0.2) is 12.5 Å². The van der Waals surface area contributed by atoms with Crippen molar-refractivity contribution in [3.05, 3.63) is 23.9 Å². The molecule has 3 heterocycles. The van der Waals surface area contributed by atoms with E-state index in [-0.39, 0.29) is 5.95 Å². The molecule has 8 nitrogen and oxygen atoms in total. The fraction of sp³-hybridized carbons (Fsp3) is 0.429. The standard InChI is InChI=1S/C14H20N8/c1-3-4-5-16-13-12-11(19-14(15)20-13)7-22(21-12)6-10-9(2)17-8-18-10/h7-8H,3-6H2,1-2H3,(H,17,18)(H3,15,16,19,20). The average Bonchev–Trinajstić information content (AvgIpc) is 3.06. The van der Waals surface area contributed by atoms with Crippen molar-refractivity contribution in [3.63, 3.8) is 0 Å². The molecule has 22 heavy (non-hydrogen) atoms. The van der Waals surface area contributed by atoms with Gasteiger partial charge in [-0.2, -0.15) is 10.1 Å². The number of H-pyrrole nitrogens is 1. The van der Waals surface area contributed by atoms with Gasteiger partial charge in [0.15, 0.2) is 11.3 Å². The molecular weight excluding hydrogens is 280 g/mol. The number of aromatic amines is 1. The molecule has 0 spiro atoms. The number of nitrogens with one attached hydrogen (secondary N) is 2. The molecule has 3 rings (SSSR count). The molecule has 0 aliphatic rings. The lowest BCUT2D eigenvalue weighted by molar-refractivity contribution is 0.680. The van der Waals surface area contributed by atoms with Crippen LogP contribution in [0.25, 0.3) is 11.0 Å². The van der Waals surface area contributed by atoms with Gasteiger partial charge in [-0.05, 0) is 13.3 Å². The SMILES string of the molecule is CCCCNc1nc(N)nc2cn(Cc3[nH]cnc3C)nc12. The van der Waals surface area contributed by atoms with E-state index in [1.165, 1.54) is 0 Å². The summed E-state index contributed by atoms with van der Waals surface area (Å²) >= 11 is 0. The Labute approximate surface area is 128 Å². The van der Waals surface area contributed by atoms with Gasteiger partial charge in [0.1, 0.15) is 5.52 Å². The van der Waals surface area contributed by atoms with Crippen LogP contribution >= 0.6 is 0 Å². The van der Waals surface area contributed by atoms with Gasteiger partial charge in [0, 0.05) is 6.54 Å². The normalized spacial score (nSPS) is 11.2. The summed E-state index contributed by atoms with van der Waals surface area (Å²) in [5.74, 6) is 0.944. The third-order valence-corrected chi connectivity index (χ3v) is 3.50. The Morgan fingerprint density at radius 3 is 2.95 bits per heavy atom. The molecule has 0 radical (unpaired) electrons. The summed E-state index contributed by atoms with van der Waals surface area (Å²) in [5.41, 5.74) is 9.25. The summed E-state index contributed by atoms with van der Waals surface area (Å²) in [6.07, 6.45) is 5.74. The Morgan fingerprint density at radius 2 is 2.23 bits per heavy atom. The molecule has 8 heteroatoms. The molecule has 0 aromatic carbocycles. The van der Waals surface area contributed by atoms with Crippen molar-refractivity contribution >= 4 is 22.8 Å². The van der Waals surface area contributed by atoms with Gasteiger partial charge in [0.25, 0.3) is 0 Å². The zero-order valence-corrected chi connectivity index (χ0v) is 12.8. The van der Waals surface area contributed by atoms with E-state index in [1.807, 2.05) is 17.8 Å². The highest BCUT2D eigenvalue weighted by molar-refractivity contribution is 5.85. The summed E-state index contributed by atoms with van der Waals surface area (Å²) in [7, 11) is 0. The number of rotatable bonds is 6. The van der Waals surface area contributed by atoms with Crippen molar-refractivity contribution in [2.75, 3.05) is 17.6 Å². The van der Waals surface area contributed by atoms with E-state index in [4.69, 9.17) is 5.73 Å². The van der Waals surface area contributed by atoms with Crippen LogP contribution in [0.4, 0.5) is 11.8 Å². The number of hydrogen-bond acceptors (Lipinski definition) is 6. The molecule has 3 aromatic heterocycles. The van der Waals surface area contributed by atoms with Gasteiger partial charge in [-0.15, -0.1) is 0 Å². The lowest BCUT2D eigenvalue weighted by Crippen LogP contribution is -2.06. The van der Waals surface area contributed by atoms with Crippen molar-refractivity contribution < 1.29 is 0 Å². The summed E-state index contributed by atoms with van der Waals surface area (Å²) in [4.78, 5) is 15.8. The van der Waals surface area contributed by atoms with Crippen LogP contribution in [0, 0.1) is 6.92 Å². The van der Waals surface area contributed by atoms with Crippen molar-refractivity contribution in [3.8, 4) is 0 Å². The minimum Gasteiger partial charge on any atom is -0.368 e. The number of anilines is 2. The number of hydrogen-bond donors (Lipinski definition) is 3. The molecule has 0 amide bonds. The molecule has 0 aliphatic carbocycles. The summed E-state index contributed by atoms with van der Waals surface area (Å²) in [6.45, 7) is 5.56. The molecule has 3 aromatic rings. The molecule has 0 unspecified atom stereocenters. The molecule has 0 saturated carbocycles. The lowest BCUT2D eigenvalue weighted by Gasteiger charge is -2.05. The minimum absolute atomic E-state index is 0.253. The van der Waals surface area contributed by atoms with E-state index in [9.17, 15) is 0 Å². The highest BCUT2D eigenvalue weighted by Gasteiger charge is 2.12. The summed E-state index contributed by atoms with van der Waals surface area (Å²) in [5, 5.41) is 7.86. The quantitative estimate of drug-likeness (QED) is 0.598. The fourth-order valence-electron chi connectivity index (χ4n) is 2.28. The molecule has 0 saturated heterocycles. The van der Waals surface area contributed by atoms with E-state index in [1.54, 1.807) is 6.33 Å². The Bertz CT molecular complexity index is 772. The number of aromatic nitrogens is 6. The van der Waals surface area contributed by atoms with E-state index >= 15 is 0 Å². The molecule has 0 bridgehead atoms. The van der Waals surface area contributed by atoms with Crippen LogP contribution in [0.5, 0.6) is 0 Å². The second kappa shape index (κ2) is 6.00. The van der Waals surface area contributed by atoms with Gasteiger partial charge in [0.2, 0.25) is 5.95 Å². The fourth-order valence-corrected chi connectivity index (χ4v) is 2.28. The minimum atomic E-state index is 0.253. The Kier molecular flexibility index (Phi) is 3.90. The maximum Gasteiger partial charge on any atom is 0.222 e. The largest absolute Gasteiger partial charge is 0.368 e. The number of nitrogen functional groups attached to an aromatic ring is 1. The Balaban J connectivity index is 1.91. The molecule has 0 aliphatic heterocycles. The molecule has 0 fully saturated rings. The first kappa shape index (κ1) is 14.3. The number of nitrogens with zero attached hydrogens (tertiary/aromatic N) is 5. The van der Waals surface area contributed by atoms with Gasteiger partial charge in [-0.1, -0.05) is 13.3 Å². The van der Waals surface area contributed by atoms with Gasteiger partial charge >= 0.3 is 0 Å². The number of fused-ring (bicyclic) bond motifs is 1. The third kappa shape index (κ3) is 2.85. The first-order valence-electron chi connectivity index (χ1n) is 7.40. The Hall–Kier alpha value is -2.64. The highest BCUT2D eigenvalue weighted by Crippen LogP contribution is 2.20. The van der Waals surface area contributed by atoms with E-state index < -0.39 is 0 Å². The number of aryl methyl sites for hydroxylation is 1. The molecular formula is C14H20N8. The van der Waals surface area contributed by atoms with Crippen LogP contribution in [0.1, 0.15) is 31.2 Å². The summed E-state index contributed by atoms with van der Waals surface area (Å²) < 4.78 is 1.82. The van der Waals surface area contributed by atoms with Crippen molar-refractivity contribution in [2.45, 2.75) is 33.2 Å².